The SMILES string of the molecule is CC1(C)C(/C=C/C=C/C=C2\N(CCCS(=O)(=O)[O-])c3ccccc3C2(C)CCCCCC(=O)ON2C(=O)CCC2=O)=[N+](CCCS(=O)(=O)O)c2ccccc21. The molecule has 1 fully saturated rings. The van der Waals surface area contributed by atoms with Crippen LogP contribution in [-0.2, 0) is 50.3 Å². The van der Waals surface area contributed by atoms with E-state index in [1.807, 2.05) is 72.8 Å². The first-order valence-electron chi connectivity index (χ1n) is 18.5. The van der Waals surface area contributed by atoms with E-state index < -0.39 is 49.2 Å². The summed E-state index contributed by atoms with van der Waals surface area (Å²) in [6.07, 6.45) is 12.8. The Hall–Kier alpha value is -4.44. The number of hydrogen-bond acceptors (Lipinski definition) is 10. The Morgan fingerprint density at radius 1 is 0.873 bits per heavy atom. The van der Waals surface area contributed by atoms with E-state index in [0.29, 0.717) is 37.4 Å². The molecule has 15 heteroatoms. The molecular formula is C40H49N3O10S2. The number of para-hydroxylation sites is 2. The molecule has 0 bridgehead atoms. The number of nitrogens with zero attached hydrogens (tertiary/aromatic N) is 3. The van der Waals surface area contributed by atoms with E-state index in [2.05, 4.69) is 36.3 Å². The fourth-order valence-electron chi connectivity index (χ4n) is 7.79. The van der Waals surface area contributed by atoms with Crippen molar-refractivity contribution >= 4 is 55.1 Å². The quantitative estimate of drug-likeness (QED) is 0.0652. The molecule has 1 saturated heterocycles. The van der Waals surface area contributed by atoms with Crippen LogP contribution in [0.25, 0.3) is 0 Å². The van der Waals surface area contributed by atoms with Crippen LogP contribution >= 0.6 is 0 Å². The molecule has 1 unspecified atom stereocenters. The van der Waals surface area contributed by atoms with Gasteiger partial charge in [-0.25, -0.2) is 13.2 Å². The standard InChI is InChI=1S/C40H49N3O10S2/c1-39(2)30-16-9-11-18-32(30)41(26-14-28-54(47,48)49)34(39)20-6-4-7-21-35-40(3,25-13-5-8-22-38(46)53-43-36(44)23-24-37(43)45)31-17-10-12-19-33(31)42(35)27-15-29-55(50,51)52/h4,6-7,9-12,16-21H,5,8,13-15,22-29H2,1-3H3,(H-,47,48,49,50,51,52). The second-order valence-corrected chi connectivity index (χ2v) is 17.9. The average Bonchev–Trinajstić information content (AvgIpc) is 3.63. The Kier molecular flexibility index (Phi) is 13.0. The van der Waals surface area contributed by atoms with Crippen molar-refractivity contribution in [2.24, 2.45) is 0 Å². The van der Waals surface area contributed by atoms with Crippen molar-refractivity contribution in [1.82, 2.24) is 5.06 Å². The lowest BCUT2D eigenvalue weighted by Crippen LogP contribution is -2.32. The van der Waals surface area contributed by atoms with E-state index in [4.69, 9.17) is 4.84 Å². The number of hydrogen-bond donors (Lipinski definition) is 1. The van der Waals surface area contributed by atoms with Gasteiger partial charge in [-0.15, -0.1) is 5.06 Å². The summed E-state index contributed by atoms with van der Waals surface area (Å²) < 4.78 is 68.9. The van der Waals surface area contributed by atoms with Crippen LogP contribution in [0.4, 0.5) is 11.4 Å². The van der Waals surface area contributed by atoms with Gasteiger partial charge in [0.05, 0.1) is 21.3 Å². The molecule has 1 atom stereocenters. The summed E-state index contributed by atoms with van der Waals surface area (Å²) in [5, 5.41) is 0.557. The van der Waals surface area contributed by atoms with Gasteiger partial charge in [-0.05, 0) is 57.7 Å². The lowest BCUT2D eigenvalue weighted by atomic mass is 9.77. The maximum absolute atomic E-state index is 12.4. The largest absolute Gasteiger partial charge is 0.748 e. The number of imide groups is 1. The van der Waals surface area contributed by atoms with Crippen LogP contribution in [0.5, 0.6) is 0 Å². The average molecular weight is 796 g/mol. The fourth-order valence-corrected chi connectivity index (χ4v) is 8.77. The highest BCUT2D eigenvalue weighted by atomic mass is 32.2. The lowest BCUT2D eigenvalue weighted by molar-refractivity contribution is -0.437. The second kappa shape index (κ2) is 17.1. The molecule has 0 spiro atoms. The lowest BCUT2D eigenvalue weighted by Gasteiger charge is -2.30. The molecule has 3 aliphatic rings. The van der Waals surface area contributed by atoms with E-state index in [9.17, 15) is 40.3 Å². The zero-order valence-corrected chi connectivity index (χ0v) is 33.1. The van der Waals surface area contributed by atoms with Crippen LogP contribution in [0.3, 0.4) is 0 Å². The van der Waals surface area contributed by atoms with Crippen LogP contribution in [0.1, 0.15) is 89.7 Å². The normalized spacial score (nSPS) is 20.4. The molecule has 2 amide bonds. The molecule has 0 saturated carbocycles. The van der Waals surface area contributed by atoms with Crippen LogP contribution in [0.15, 0.2) is 84.6 Å². The molecule has 3 heterocycles. The van der Waals surface area contributed by atoms with Crippen LogP contribution in [0.2, 0.25) is 0 Å². The Morgan fingerprint density at radius 3 is 2.24 bits per heavy atom. The first kappa shape index (κ1) is 41.7. The van der Waals surface area contributed by atoms with Crippen LogP contribution in [0, 0.1) is 0 Å². The molecule has 55 heavy (non-hydrogen) atoms. The monoisotopic (exact) mass is 795 g/mol. The summed E-state index contributed by atoms with van der Waals surface area (Å²) in [5.41, 5.74) is 5.11. The molecule has 13 nitrogen and oxygen atoms in total. The first-order chi connectivity index (χ1) is 25.9. The Balaban J connectivity index is 1.36. The van der Waals surface area contributed by atoms with Crippen molar-refractivity contribution in [3.8, 4) is 0 Å². The number of allylic oxidation sites excluding steroid dienone is 6. The number of carbonyl (C=O) groups is 3. The van der Waals surface area contributed by atoms with E-state index in [1.165, 1.54) is 0 Å². The van der Waals surface area contributed by atoms with Gasteiger partial charge in [-0.3, -0.25) is 14.1 Å². The van der Waals surface area contributed by atoms with Crippen molar-refractivity contribution in [1.29, 1.82) is 0 Å². The van der Waals surface area contributed by atoms with E-state index >= 15 is 0 Å². The maximum Gasteiger partial charge on any atom is 0.333 e. The number of benzene rings is 2. The Morgan fingerprint density at radius 2 is 1.55 bits per heavy atom. The number of anilines is 1. The summed E-state index contributed by atoms with van der Waals surface area (Å²) in [5.74, 6) is -2.51. The van der Waals surface area contributed by atoms with Gasteiger partial charge in [0.2, 0.25) is 5.69 Å². The predicted molar refractivity (Wildman–Crippen MR) is 207 cm³/mol. The molecule has 0 aliphatic carbocycles. The van der Waals surface area contributed by atoms with Crippen LogP contribution in [-0.4, -0.2) is 83.7 Å². The zero-order chi connectivity index (χ0) is 40.0. The van der Waals surface area contributed by atoms with Gasteiger partial charge in [0.25, 0.3) is 21.9 Å². The molecular weight excluding hydrogens is 747 g/mol. The maximum atomic E-state index is 12.4. The third-order valence-corrected chi connectivity index (χ3v) is 12.1. The van der Waals surface area contributed by atoms with Gasteiger partial charge < -0.3 is 14.3 Å². The first-order valence-corrected chi connectivity index (χ1v) is 21.7. The zero-order valence-electron chi connectivity index (χ0n) is 31.5. The summed E-state index contributed by atoms with van der Waals surface area (Å²) in [4.78, 5) is 43.0. The number of carbonyl (C=O) groups excluding carboxylic acids is 3. The Labute approximate surface area is 323 Å². The third kappa shape index (κ3) is 10.1. The number of unbranched alkanes of at least 4 members (excludes halogenated alkanes) is 2. The van der Waals surface area contributed by atoms with Gasteiger partial charge >= 0.3 is 5.97 Å². The fraction of sp³-hybridized carbons (Fsp3) is 0.450. The second-order valence-electron chi connectivity index (χ2n) is 14.8. The smallest absolute Gasteiger partial charge is 0.333 e. The van der Waals surface area contributed by atoms with Crippen molar-refractivity contribution < 1.29 is 49.7 Å². The molecule has 296 valence electrons. The van der Waals surface area contributed by atoms with Gasteiger partial charge in [0.1, 0.15) is 6.54 Å². The molecule has 3 aliphatic heterocycles. The van der Waals surface area contributed by atoms with Crippen molar-refractivity contribution in [3.05, 3.63) is 95.7 Å². The summed E-state index contributed by atoms with van der Waals surface area (Å²) in [6.45, 7) is 7.06. The minimum Gasteiger partial charge on any atom is -0.748 e. The molecule has 0 aromatic heterocycles. The Bertz CT molecular complexity index is 2140. The van der Waals surface area contributed by atoms with E-state index in [-0.39, 0.29) is 43.3 Å². The van der Waals surface area contributed by atoms with Crippen molar-refractivity contribution in [2.75, 3.05) is 29.5 Å². The number of amides is 2. The van der Waals surface area contributed by atoms with Crippen molar-refractivity contribution in [3.63, 3.8) is 0 Å². The third-order valence-electron chi connectivity index (χ3n) is 10.5. The van der Waals surface area contributed by atoms with Gasteiger partial charge in [0.15, 0.2) is 5.71 Å². The highest BCUT2D eigenvalue weighted by Gasteiger charge is 2.44. The minimum absolute atomic E-state index is 0.0320. The van der Waals surface area contributed by atoms with Crippen molar-refractivity contribution in [2.45, 2.75) is 89.4 Å². The molecule has 1 N–H and O–H groups in total. The summed E-state index contributed by atoms with van der Waals surface area (Å²) in [6, 6.07) is 15.9. The van der Waals surface area contributed by atoms with Gasteiger partial charge in [-0.2, -0.15) is 13.0 Å². The summed E-state index contributed by atoms with van der Waals surface area (Å²) >= 11 is 0. The predicted octanol–water partition coefficient (Wildman–Crippen LogP) is 5.61. The van der Waals surface area contributed by atoms with Gasteiger partial charge in [-0.1, -0.05) is 67.5 Å². The van der Waals surface area contributed by atoms with E-state index in [0.717, 1.165) is 40.3 Å². The topological polar surface area (TPSA) is 181 Å². The summed E-state index contributed by atoms with van der Waals surface area (Å²) in [7, 11) is -8.51. The van der Waals surface area contributed by atoms with Gasteiger partial charge in [0, 0.05) is 72.5 Å². The van der Waals surface area contributed by atoms with Crippen LogP contribution < -0.4 is 4.90 Å². The number of fused-ring (bicyclic) bond motifs is 2. The molecule has 2 aromatic carbocycles. The number of rotatable bonds is 18. The van der Waals surface area contributed by atoms with E-state index in [1.54, 1.807) is 0 Å². The highest BCUT2D eigenvalue weighted by Crippen LogP contribution is 2.50. The minimum atomic E-state index is -4.41. The molecule has 0 radical (unpaired) electrons. The molecule has 2 aromatic rings. The highest BCUT2D eigenvalue weighted by molar-refractivity contribution is 7.85. The number of hydroxylamine groups is 2. The molecule has 5 rings (SSSR count).